The van der Waals surface area contributed by atoms with Crippen LogP contribution in [-0.4, -0.2) is 37.3 Å². The molecule has 0 aromatic heterocycles. The lowest BCUT2D eigenvalue weighted by Gasteiger charge is -2.34. The summed E-state index contributed by atoms with van der Waals surface area (Å²) in [7, 11) is -3.53. The summed E-state index contributed by atoms with van der Waals surface area (Å²) in [6, 6.07) is 15.6. The number of carbonyl (C=O) groups excluding carboxylic acids is 1. The molecular weight excluding hydrogens is 400 g/mol. The molecule has 7 heteroatoms. The standard InChI is InChI=1S/C23H30N2O4S/c1-3-19-10-8-9-17-25(19)30(27,28)21-15-13-18(14-16-21)24-23(26)22(4-2)29-20-11-6-5-7-12-20/h5-7,11-16,19,22H,3-4,8-10,17H2,1-2H3,(H,24,26). The molecule has 0 saturated carbocycles. The Bertz CT molecular complexity index is 929. The Kier molecular flexibility index (Phi) is 7.50. The highest BCUT2D eigenvalue weighted by Gasteiger charge is 2.32. The highest BCUT2D eigenvalue weighted by molar-refractivity contribution is 7.89. The van der Waals surface area contributed by atoms with Gasteiger partial charge in [0.05, 0.1) is 4.90 Å². The number of hydrogen-bond donors (Lipinski definition) is 1. The van der Waals surface area contributed by atoms with Crippen molar-refractivity contribution in [2.45, 2.75) is 63.0 Å². The Morgan fingerprint density at radius 2 is 1.80 bits per heavy atom. The first-order chi connectivity index (χ1) is 14.5. The Hall–Kier alpha value is -2.38. The molecule has 2 unspecified atom stereocenters. The fourth-order valence-electron chi connectivity index (χ4n) is 3.75. The van der Waals surface area contributed by atoms with E-state index >= 15 is 0 Å². The number of benzene rings is 2. The number of para-hydroxylation sites is 1. The molecule has 2 aromatic carbocycles. The molecule has 1 heterocycles. The van der Waals surface area contributed by atoms with Crippen molar-refractivity contribution in [3.63, 3.8) is 0 Å². The van der Waals surface area contributed by atoms with E-state index in [2.05, 4.69) is 5.32 Å². The van der Waals surface area contributed by atoms with E-state index in [0.717, 1.165) is 25.7 Å². The number of carbonyl (C=O) groups is 1. The van der Waals surface area contributed by atoms with Crippen LogP contribution in [0.25, 0.3) is 0 Å². The zero-order valence-electron chi connectivity index (χ0n) is 17.6. The average molecular weight is 431 g/mol. The van der Waals surface area contributed by atoms with Gasteiger partial charge in [-0.15, -0.1) is 0 Å². The summed E-state index contributed by atoms with van der Waals surface area (Å²) in [5.74, 6) is 0.368. The second-order valence-corrected chi connectivity index (χ2v) is 9.41. The minimum atomic E-state index is -3.53. The van der Waals surface area contributed by atoms with E-state index < -0.39 is 16.1 Å². The lowest BCUT2D eigenvalue weighted by atomic mass is 10.0. The lowest BCUT2D eigenvalue weighted by Crippen LogP contribution is -2.43. The van der Waals surface area contributed by atoms with Gasteiger partial charge in [-0.2, -0.15) is 4.31 Å². The predicted molar refractivity (Wildman–Crippen MR) is 118 cm³/mol. The van der Waals surface area contributed by atoms with Gasteiger partial charge in [-0.3, -0.25) is 4.79 Å². The molecule has 1 aliphatic rings. The molecule has 6 nitrogen and oxygen atoms in total. The predicted octanol–water partition coefficient (Wildman–Crippen LogP) is 4.44. The molecule has 30 heavy (non-hydrogen) atoms. The quantitative estimate of drug-likeness (QED) is 0.672. The molecule has 2 aromatic rings. The van der Waals surface area contributed by atoms with Crippen LogP contribution in [0.3, 0.4) is 0 Å². The summed E-state index contributed by atoms with van der Waals surface area (Å²) in [6.07, 6.45) is 3.56. The van der Waals surface area contributed by atoms with E-state index in [0.29, 0.717) is 24.4 Å². The molecule has 3 rings (SSSR count). The van der Waals surface area contributed by atoms with Gasteiger partial charge < -0.3 is 10.1 Å². The van der Waals surface area contributed by atoms with Gasteiger partial charge in [0.1, 0.15) is 5.75 Å². The van der Waals surface area contributed by atoms with Crippen molar-refractivity contribution in [3.8, 4) is 5.75 Å². The van der Waals surface area contributed by atoms with Crippen molar-refractivity contribution < 1.29 is 17.9 Å². The van der Waals surface area contributed by atoms with Crippen molar-refractivity contribution in [3.05, 3.63) is 54.6 Å². The number of rotatable bonds is 8. The van der Waals surface area contributed by atoms with Crippen molar-refractivity contribution in [1.82, 2.24) is 4.31 Å². The molecular formula is C23H30N2O4S. The molecule has 2 atom stereocenters. The summed E-state index contributed by atoms with van der Waals surface area (Å²) in [5.41, 5.74) is 0.541. The van der Waals surface area contributed by atoms with Crippen LogP contribution in [0.5, 0.6) is 5.75 Å². The number of hydrogen-bond acceptors (Lipinski definition) is 4. The first-order valence-corrected chi connectivity index (χ1v) is 12.0. The maximum absolute atomic E-state index is 13.1. The zero-order valence-corrected chi connectivity index (χ0v) is 18.4. The number of piperidine rings is 1. The van der Waals surface area contributed by atoms with Crippen molar-refractivity contribution in [2.24, 2.45) is 0 Å². The van der Waals surface area contributed by atoms with Gasteiger partial charge in [-0.25, -0.2) is 8.42 Å². The smallest absolute Gasteiger partial charge is 0.265 e. The van der Waals surface area contributed by atoms with Crippen LogP contribution in [-0.2, 0) is 14.8 Å². The van der Waals surface area contributed by atoms with Crippen LogP contribution in [0.4, 0.5) is 5.69 Å². The third-order valence-electron chi connectivity index (χ3n) is 5.46. The van der Waals surface area contributed by atoms with Crippen LogP contribution in [0.1, 0.15) is 46.0 Å². The number of amides is 1. The second kappa shape index (κ2) is 10.1. The minimum absolute atomic E-state index is 0.0589. The third-order valence-corrected chi connectivity index (χ3v) is 7.42. The summed E-state index contributed by atoms with van der Waals surface area (Å²) < 4.78 is 33.5. The van der Waals surface area contributed by atoms with Crippen molar-refractivity contribution >= 4 is 21.6 Å². The maximum atomic E-state index is 13.1. The second-order valence-electron chi connectivity index (χ2n) is 7.52. The van der Waals surface area contributed by atoms with Crippen molar-refractivity contribution in [1.29, 1.82) is 0 Å². The number of ether oxygens (including phenoxy) is 1. The van der Waals surface area contributed by atoms with E-state index in [1.54, 1.807) is 40.7 Å². The Morgan fingerprint density at radius 1 is 1.10 bits per heavy atom. The SMILES string of the molecule is CCC(Oc1ccccc1)C(=O)Nc1ccc(S(=O)(=O)N2CCCCC2CC)cc1. The molecule has 0 spiro atoms. The fourth-order valence-corrected chi connectivity index (χ4v) is 5.52. The summed E-state index contributed by atoms with van der Waals surface area (Å²) in [4.78, 5) is 12.9. The van der Waals surface area contributed by atoms with Gasteiger partial charge in [0.15, 0.2) is 6.10 Å². The van der Waals surface area contributed by atoms with Gasteiger partial charge in [0.2, 0.25) is 10.0 Å². The van der Waals surface area contributed by atoms with Gasteiger partial charge >= 0.3 is 0 Å². The molecule has 162 valence electrons. The first-order valence-electron chi connectivity index (χ1n) is 10.6. The highest BCUT2D eigenvalue weighted by atomic mass is 32.2. The molecule has 1 aliphatic heterocycles. The van der Waals surface area contributed by atoms with E-state index in [9.17, 15) is 13.2 Å². The van der Waals surface area contributed by atoms with Gasteiger partial charge in [0, 0.05) is 18.3 Å². The zero-order chi connectivity index (χ0) is 21.6. The van der Waals surface area contributed by atoms with E-state index in [-0.39, 0.29) is 16.8 Å². The lowest BCUT2D eigenvalue weighted by molar-refractivity contribution is -0.122. The number of nitrogens with one attached hydrogen (secondary N) is 1. The average Bonchev–Trinajstić information content (AvgIpc) is 2.78. The molecule has 1 amide bonds. The largest absolute Gasteiger partial charge is 0.481 e. The number of nitrogens with zero attached hydrogens (tertiary/aromatic N) is 1. The van der Waals surface area contributed by atoms with Gasteiger partial charge in [-0.1, -0.05) is 38.5 Å². The molecule has 0 radical (unpaired) electrons. The molecule has 1 saturated heterocycles. The van der Waals surface area contributed by atoms with E-state index in [4.69, 9.17) is 4.74 Å². The topological polar surface area (TPSA) is 75.7 Å². The Labute approximate surface area is 179 Å². The van der Waals surface area contributed by atoms with Crippen LogP contribution in [0.2, 0.25) is 0 Å². The normalized spacial score (nSPS) is 18.5. The summed E-state index contributed by atoms with van der Waals surface area (Å²) in [5, 5.41) is 2.82. The molecule has 1 N–H and O–H groups in total. The highest BCUT2D eigenvalue weighted by Crippen LogP contribution is 2.27. The monoisotopic (exact) mass is 430 g/mol. The van der Waals surface area contributed by atoms with Gasteiger partial charge in [0.25, 0.3) is 5.91 Å². The van der Waals surface area contributed by atoms with Crippen LogP contribution < -0.4 is 10.1 Å². The van der Waals surface area contributed by atoms with E-state index in [1.165, 1.54) is 0 Å². The Balaban J connectivity index is 1.68. The summed E-state index contributed by atoms with van der Waals surface area (Å²) >= 11 is 0. The van der Waals surface area contributed by atoms with Crippen molar-refractivity contribution in [2.75, 3.05) is 11.9 Å². The first kappa shape index (κ1) is 22.3. The van der Waals surface area contributed by atoms with E-state index in [1.807, 2.05) is 32.0 Å². The van der Waals surface area contributed by atoms with Gasteiger partial charge in [-0.05, 0) is 62.1 Å². The fraction of sp³-hybridized carbons (Fsp3) is 0.435. The Morgan fingerprint density at radius 3 is 2.43 bits per heavy atom. The molecule has 1 fully saturated rings. The van der Waals surface area contributed by atoms with Crippen LogP contribution >= 0.6 is 0 Å². The van der Waals surface area contributed by atoms with Crippen LogP contribution in [0.15, 0.2) is 59.5 Å². The number of sulfonamides is 1. The van der Waals surface area contributed by atoms with Crippen LogP contribution in [0, 0.1) is 0 Å². The minimum Gasteiger partial charge on any atom is -0.481 e. The third kappa shape index (κ3) is 5.21. The molecule has 0 aliphatic carbocycles. The summed E-state index contributed by atoms with van der Waals surface area (Å²) in [6.45, 7) is 4.47. The molecule has 0 bridgehead atoms. The number of anilines is 1. The maximum Gasteiger partial charge on any atom is 0.265 e.